The Bertz CT molecular complexity index is 1340. The zero-order valence-corrected chi connectivity index (χ0v) is 25.2. The van der Waals surface area contributed by atoms with E-state index in [1.165, 1.54) is 11.1 Å². The zero-order valence-electron chi connectivity index (χ0n) is 25.2. The maximum atomic E-state index is 14.1. The van der Waals surface area contributed by atoms with Gasteiger partial charge in [0.2, 0.25) is 11.8 Å². The molecule has 3 amide bonds. The fourth-order valence-corrected chi connectivity index (χ4v) is 7.39. The van der Waals surface area contributed by atoms with Gasteiger partial charge in [0.15, 0.2) is 0 Å². The lowest BCUT2D eigenvalue weighted by atomic mass is 9.66. The molecule has 10 nitrogen and oxygen atoms in total. The summed E-state index contributed by atoms with van der Waals surface area (Å²) in [5.41, 5.74) is 0.552. The van der Waals surface area contributed by atoms with Crippen LogP contribution in [0.25, 0.3) is 0 Å². The molecule has 0 bridgehead atoms. The van der Waals surface area contributed by atoms with Crippen LogP contribution in [0.1, 0.15) is 94.1 Å². The molecule has 3 atom stereocenters. The average molecular weight is 576 g/mol. The highest BCUT2D eigenvalue weighted by molar-refractivity contribution is 6.00. The molecule has 3 saturated carbocycles. The number of nitrogens with one attached hydrogen (secondary N) is 4. The summed E-state index contributed by atoms with van der Waals surface area (Å²) < 4.78 is 1.52. The van der Waals surface area contributed by atoms with Crippen LogP contribution < -0.4 is 21.3 Å². The van der Waals surface area contributed by atoms with E-state index in [-0.39, 0.29) is 34.5 Å². The average Bonchev–Trinajstić information content (AvgIpc) is 3.28. The molecule has 1 aliphatic heterocycles. The summed E-state index contributed by atoms with van der Waals surface area (Å²) in [5, 5.41) is 17.0. The third-order valence-electron chi connectivity index (χ3n) is 10.8. The first-order valence-electron chi connectivity index (χ1n) is 15.7. The summed E-state index contributed by atoms with van der Waals surface area (Å²) >= 11 is 0. The quantitative estimate of drug-likeness (QED) is 0.324. The van der Waals surface area contributed by atoms with Gasteiger partial charge in [-0.2, -0.15) is 5.10 Å². The molecule has 0 spiro atoms. The lowest BCUT2D eigenvalue weighted by Crippen LogP contribution is -2.54. The van der Waals surface area contributed by atoms with Crippen molar-refractivity contribution in [1.29, 1.82) is 0 Å². The van der Waals surface area contributed by atoms with E-state index in [1.807, 2.05) is 12.1 Å². The molecular weight excluding hydrogens is 530 g/mol. The van der Waals surface area contributed by atoms with Gasteiger partial charge >= 0.3 is 0 Å². The standard InChI is InChI=1S/C32H45N7O3/c1-30(11-5-12-30)20-34-29(42)32(13-6-16-35-32)22-9-17-33-24(19-22)37-28(41)26(38-27(40)23-10-18-36-39(23)3)25(21-7-4-8-21)31(2)14-15-31/h9-10,17-19,21,25-26,35H,4-8,11-16,20H2,1-3H3,(H,34,42)(H,38,40)(H,33,37,41)/t25?,26-,32?/m0/s1. The lowest BCUT2D eigenvalue weighted by Gasteiger charge is -2.42. The van der Waals surface area contributed by atoms with Crippen LogP contribution in [0, 0.1) is 22.7 Å². The molecule has 42 heavy (non-hydrogen) atoms. The molecule has 1 saturated heterocycles. The van der Waals surface area contributed by atoms with Gasteiger partial charge in [0.1, 0.15) is 23.1 Å². The maximum Gasteiger partial charge on any atom is 0.270 e. The van der Waals surface area contributed by atoms with Gasteiger partial charge in [0.25, 0.3) is 5.91 Å². The van der Waals surface area contributed by atoms with E-state index in [0.29, 0.717) is 30.4 Å². The van der Waals surface area contributed by atoms with Crippen LogP contribution in [0.5, 0.6) is 0 Å². The summed E-state index contributed by atoms with van der Waals surface area (Å²) in [6, 6.07) is 4.64. The molecule has 226 valence electrons. The zero-order chi connectivity index (χ0) is 29.5. The minimum absolute atomic E-state index is 0.0229. The van der Waals surface area contributed by atoms with Gasteiger partial charge in [-0.05, 0) is 91.5 Å². The number of carbonyl (C=O) groups is 3. The highest BCUT2D eigenvalue weighted by Crippen LogP contribution is 2.58. The van der Waals surface area contributed by atoms with Gasteiger partial charge in [-0.1, -0.05) is 39.5 Å². The molecular formula is C32H45N7O3. The van der Waals surface area contributed by atoms with E-state index >= 15 is 0 Å². The number of hydrogen-bond donors (Lipinski definition) is 4. The predicted octanol–water partition coefficient (Wildman–Crippen LogP) is 3.65. The van der Waals surface area contributed by atoms with Crippen molar-refractivity contribution < 1.29 is 14.4 Å². The molecule has 0 radical (unpaired) electrons. The third-order valence-corrected chi connectivity index (χ3v) is 10.8. The van der Waals surface area contributed by atoms with E-state index in [1.54, 1.807) is 25.5 Å². The second-order valence-corrected chi connectivity index (χ2v) is 13.9. The Balaban J connectivity index is 1.24. The summed E-state index contributed by atoms with van der Waals surface area (Å²) in [6.45, 7) is 5.89. The highest BCUT2D eigenvalue weighted by Gasteiger charge is 2.54. The molecule has 6 rings (SSSR count). The van der Waals surface area contributed by atoms with Crippen LogP contribution >= 0.6 is 0 Å². The number of anilines is 1. The monoisotopic (exact) mass is 575 g/mol. The Morgan fingerprint density at radius 1 is 1.05 bits per heavy atom. The topological polar surface area (TPSA) is 130 Å². The lowest BCUT2D eigenvalue weighted by molar-refractivity contribution is -0.128. The first-order valence-corrected chi connectivity index (χ1v) is 15.7. The van der Waals surface area contributed by atoms with Crippen LogP contribution in [0.2, 0.25) is 0 Å². The molecule has 3 aliphatic carbocycles. The molecule has 10 heteroatoms. The summed E-state index contributed by atoms with van der Waals surface area (Å²) in [7, 11) is 1.72. The molecule has 2 aromatic rings. The van der Waals surface area contributed by atoms with E-state index in [9.17, 15) is 14.4 Å². The van der Waals surface area contributed by atoms with Gasteiger partial charge in [0.05, 0.1) is 0 Å². The van der Waals surface area contributed by atoms with Crippen molar-refractivity contribution in [3.63, 3.8) is 0 Å². The summed E-state index contributed by atoms with van der Waals surface area (Å²) in [4.78, 5) is 45.6. The van der Waals surface area contributed by atoms with Crippen molar-refractivity contribution in [3.8, 4) is 0 Å². The van der Waals surface area contributed by atoms with Gasteiger partial charge < -0.3 is 16.0 Å². The number of amides is 3. The molecule has 0 aromatic carbocycles. The van der Waals surface area contributed by atoms with Crippen LogP contribution in [0.3, 0.4) is 0 Å². The molecule has 3 heterocycles. The Kier molecular flexibility index (Phi) is 7.62. The Morgan fingerprint density at radius 2 is 1.83 bits per heavy atom. The highest BCUT2D eigenvalue weighted by atomic mass is 16.2. The third kappa shape index (κ3) is 5.45. The molecule has 4 fully saturated rings. The number of aromatic nitrogens is 3. The van der Waals surface area contributed by atoms with E-state index in [2.05, 4.69) is 45.2 Å². The SMILES string of the molecule is Cn1nccc1C(=O)N[C@H](C(=O)Nc1cc(C2(C(=O)NCC3(C)CCC3)CCCN2)ccn1)C(C1CCC1)C1(C)CC1. The summed E-state index contributed by atoms with van der Waals surface area (Å²) in [5.74, 6) is 0.217. The summed E-state index contributed by atoms with van der Waals surface area (Å²) in [6.07, 6.45) is 13.7. The van der Waals surface area contributed by atoms with Crippen molar-refractivity contribution in [2.45, 2.75) is 89.6 Å². The van der Waals surface area contributed by atoms with E-state index in [4.69, 9.17) is 0 Å². The van der Waals surface area contributed by atoms with Crippen molar-refractivity contribution in [2.24, 2.45) is 29.7 Å². The first-order chi connectivity index (χ1) is 20.1. The van der Waals surface area contributed by atoms with Gasteiger partial charge in [0, 0.05) is 26.0 Å². The first kappa shape index (κ1) is 28.8. The number of nitrogens with zero attached hydrogens (tertiary/aromatic N) is 3. The van der Waals surface area contributed by atoms with Crippen LogP contribution in [-0.4, -0.2) is 51.6 Å². The van der Waals surface area contributed by atoms with E-state index < -0.39 is 11.6 Å². The van der Waals surface area contributed by atoms with Gasteiger partial charge in [-0.3, -0.25) is 24.4 Å². The van der Waals surface area contributed by atoms with Gasteiger partial charge in [-0.15, -0.1) is 0 Å². The number of rotatable bonds is 11. The van der Waals surface area contributed by atoms with Crippen LogP contribution in [-0.2, 0) is 22.2 Å². The van der Waals surface area contributed by atoms with Crippen LogP contribution in [0.4, 0.5) is 5.82 Å². The Morgan fingerprint density at radius 3 is 2.40 bits per heavy atom. The molecule has 4 aliphatic rings. The second-order valence-electron chi connectivity index (χ2n) is 13.9. The van der Waals surface area contributed by atoms with Gasteiger partial charge in [-0.25, -0.2) is 4.98 Å². The maximum absolute atomic E-state index is 14.1. The number of hydrogen-bond acceptors (Lipinski definition) is 6. The smallest absolute Gasteiger partial charge is 0.270 e. The largest absolute Gasteiger partial charge is 0.354 e. The number of pyridine rings is 1. The minimum atomic E-state index is -0.856. The fraction of sp³-hybridized carbons (Fsp3) is 0.656. The van der Waals surface area contributed by atoms with Crippen molar-refractivity contribution in [3.05, 3.63) is 41.9 Å². The Labute approximate surface area is 248 Å². The fourth-order valence-electron chi connectivity index (χ4n) is 7.39. The number of carbonyl (C=O) groups excluding carboxylic acids is 3. The van der Waals surface area contributed by atoms with Crippen molar-refractivity contribution in [1.82, 2.24) is 30.7 Å². The minimum Gasteiger partial charge on any atom is -0.354 e. The molecule has 2 unspecified atom stereocenters. The predicted molar refractivity (Wildman–Crippen MR) is 159 cm³/mol. The van der Waals surface area contributed by atoms with Crippen molar-refractivity contribution in [2.75, 3.05) is 18.4 Å². The Hall–Kier alpha value is -3.27. The second kappa shape index (κ2) is 11.1. The van der Waals surface area contributed by atoms with Crippen molar-refractivity contribution >= 4 is 23.5 Å². The molecule has 2 aromatic heterocycles. The van der Waals surface area contributed by atoms with E-state index in [0.717, 1.165) is 63.5 Å². The van der Waals surface area contributed by atoms with Crippen LogP contribution in [0.15, 0.2) is 30.6 Å². The number of aryl methyl sites for hydroxylation is 1. The normalized spacial score (nSPS) is 25.4. The molecule has 4 N–H and O–H groups in total.